The number of halogens is 1. The molecule has 1 atom stereocenters. The van der Waals surface area contributed by atoms with E-state index in [1.807, 2.05) is 31.2 Å². The average Bonchev–Trinajstić information content (AvgIpc) is 3.35. The fourth-order valence-corrected chi connectivity index (χ4v) is 4.69. The highest BCUT2D eigenvalue weighted by Crippen LogP contribution is 2.34. The van der Waals surface area contributed by atoms with E-state index in [0.717, 1.165) is 53.1 Å². The number of nitrogens with one attached hydrogen (secondary N) is 1. The van der Waals surface area contributed by atoms with Gasteiger partial charge in [0.2, 0.25) is 0 Å². The number of fused-ring (bicyclic) bond motifs is 1. The highest BCUT2D eigenvalue weighted by Gasteiger charge is 2.36. The summed E-state index contributed by atoms with van der Waals surface area (Å²) in [5.41, 5.74) is 3.00. The van der Waals surface area contributed by atoms with Crippen molar-refractivity contribution in [2.75, 3.05) is 6.54 Å². The molecule has 2 aliphatic rings. The Hall–Kier alpha value is -2.66. The third-order valence-corrected chi connectivity index (χ3v) is 6.11. The number of ether oxygens (including phenoxy) is 1. The Morgan fingerprint density at radius 1 is 1.30 bits per heavy atom. The molecule has 1 aromatic carbocycles. The topological polar surface area (TPSA) is 65.6 Å². The number of carbonyl (C=O) groups is 1. The summed E-state index contributed by atoms with van der Waals surface area (Å²) in [5.74, 6) is 0.191. The van der Waals surface area contributed by atoms with Gasteiger partial charge in [0.15, 0.2) is 0 Å². The largest absolute Gasteiger partial charge is 0.508 e. The molecule has 2 N–H and O–H groups in total. The number of phenolic OH excluding ortho intramolecular Hbond substituents is 1. The lowest BCUT2D eigenvalue weighted by Gasteiger charge is -2.36. The lowest BCUT2D eigenvalue weighted by atomic mass is 9.93. The van der Waals surface area contributed by atoms with Gasteiger partial charge in [-0.15, -0.1) is 0 Å². The first-order chi connectivity index (χ1) is 14.5. The SMILES string of the molecule is C=C(Cl)C=c1c2c([nH]c1=CC)C(c1ccc(O)cc1)N(C(=O)OC1CCCC1)CC2. The summed E-state index contributed by atoms with van der Waals surface area (Å²) < 4.78 is 5.84. The number of hydrogen-bond donors (Lipinski definition) is 2. The number of carbonyl (C=O) groups excluding carboxylic acids is 1. The van der Waals surface area contributed by atoms with E-state index in [9.17, 15) is 9.90 Å². The van der Waals surface area contributed by atoms with E-state index in [4.69, 9.17) is 16.3 Å². The molecule has 1 saturated carbocycles. The van der Waals surface area contributed by atoms with E-state index in [-0.39, 0.29) is 24.0 Å². The average molecular weight is 427 g/mol. The number of allylic oxidation sites excluding steroid dienone is 1. The van der Waals surface area contributed by atoms with Gasteiger partial charge in [-0.3, -0.25) is 4.90 Å². The van der Waals surface area contributed by atoms with Crippen molar-refractivity contribution in [3.63, 3.8) is 0 Å². The first-order valence-corrected chi connectivity index (χ1v) is 10.8. The van der Waals surface area contributed by atoms with Crippen LogP contribution >= 0.6 is 11.6 Å². The summed E-state index contributed by atoms with van der Waals surface area (Å²) in [7, 11) is 0. The number of rotatable bonds is 3. The molecule has 1 aromatic heterocycles. The summed E-state index contributed by atoms with van der Waals surface area (Å²) in [6.07, 6.45) is 8.37. The molecule has 1 unspecified atom stereocenters. The number of benzene rings is 1. The smallest absolute Gasteiger partial charge is 0.410 e. The minimum Gasteiger partial charge on any atom is -0.508 e. The summed E-state index contributed by atoms with van der Waals surface area (Å²) in [6, 6.07) is 6.67. The maximum Gasteiger partial charge on any atom is 0.410 e. The molecule has 5 nitrogen and oxygen atoms in total. The quantitative estimate of drug-likeness (QED) is 0.777. The fraction of sp³-hybridized carbons (Fsp3) is 0.375. The monoisotopic (exact) mass is 426 g/mol. The second-order valence-electron chi connectivity index (χ2n) is 7.95. The first kappa shape index (κ1) is 20.6. The molecule has 0 saturated heterocycles. The molecule has 1 aliphatic carbocycles. The van der Waals surface area contributed by atoms with Crippen LogP contribution in [0.25, 0.3) is 12.2 Å². The van der Waals surface area contributed by atoms with Crippen LogP contribution in [0.5, 0.6) is 5.75 Å². The molecule has 2 heterocycles. The van der Waals surface area contributed by atoms with Gasteiger partial charge in [-0.2, -0.15) is 0 Å². The van der Waals surface area contributed by atoms with Crippen LogP contribution in [-0.4, -0.2) is 33.7 Å². The number of phenols is 1. The standard InChI is InChI=1S/C24H27ClN2O3/c1-3-21-20(14-15(2)25)19-12-13-27(24(29)30-18-6-4-5-7-18)23(22(19)26-21)16-8-10-17(28)11-9-16/h3,8-11,14,18,23,26,28H,2,4-7,12-13H2,1H3. The Morgan fingerprint density at radius 2 is 2.00 bits per heavy atom. The van der Waals surface area contributed by atoms with Crippen LogP contribution in [0, 0.1) is 0 Å². The first-order valence-electron chi connectivity index (χ1n) is 10.5. The maximum atomic E-state index is 13.1. The lowest BCUT2D eigenvalue weighted by Crippen LogP contribution is -2.42. The number of nitrogens with zero attached hydrogens (tertiary/aromatic N) is 1. The van der Waals surface area contributed by atoms with E-state index < -0.39 is 0 Å². The van der Waals surface area contributed by atoms with Crippen molar-refractivity contribution in [1.82, 2.24) is 9.88 Å². The van der Waals surface area contributed by atoms with Crippen LogP contribution in [0.15, 0.2) is 35.9 Å². The van der Waals surface area contributed by atoms with Gasteiger partial charge in [0, 0.05) is 27.8 Å². The molecular weight excluding hydrogens is 400 g/mol. The lowest BCUT2D eigenvalue weighted by molar-refractivity contribution is 0.0550. The molecular formula is C24H27ClN2O3. The van der Waals surface area contributed by atoms with Crippen LogP contribution in [0.1, 0.15) is 55.5 Å². The van der Waals surface area contributed by atoms with Crippen molar-refractivity contribution >= 4 is 29.8 Å². The van der Waals surface area contributed by atoms with E-state index in [0.29, 0.717) is 18.0 Å². The van der Waals surface area contributed by atoms with Gasteiger partial charge in [-0.1, -0.05) is 36.4 Å². The van der Waals surface area contributed by atoms with Crippen LogP contribution in [0.3, 0.4) is 0 Å². The third-order valence-electron chi connectivity index (χ3n) is 6.00. The highest BCUT2D eigenvalue weighted by atomic mass is 35.5. The Labute approximate surface area is 181 Å². The Bertz CT molecular complexity index is 1070. The molecule has 30 heavy (non-hydrogen) atoms. The molecule has 1 fully saturated rings. The van der Waals surface area contributed by atoms with Gasteiger partial charge >= 0.3 is 6.09 Å². The fourth-order valence-electron chi connectivity index (χ4n) is 4.58. The van der Waals surface area contributed by atoms with Crippen molar-refractivity contribution < 1.29 is 14.6 Å². The third kappa shape index (κ3) is 3.99. The Kier molecular flexibility index (Phi) is 5.91. The second kappa shape index (κ2) is 8.60. The zero-order valence-corrected chi connectivity index (χ0v) is 17.9. The van der Waals surface area contributed by atoms with Crippen LogP contribution in [0.2, 0.25) is 0 Å². The molecule has 0 spiro atoms. The number of aromatic hydroxyl groups is 1. The molecule has 2 aromatic rings. The zero-order valence-electron chi connectivity index (χ0n) is 17.2. The maximum absolute atomic E-state index is 13.1. The molecule has 0 radical (unpaired) electrons. The van der Waals surface area contributed by atoms with Gasteiger partial charge in [0.1, 0.15) is 17.9 Å². The number of hydrogen-bond acceptors (Lipinski definition) is 3. The Balaban J connectivity index is 1.80. The van der Waals surface area contributed by atoms with Crippen LogP contribution in [0.4, 0.5) is 4.79 Å². The van der Waals surface area contributed by atoms with Crippen LogP contribution in [-0.2, 0) is 11.2 Å². The van der Waals surface area contributed by atoms with E-state index in [2.05, 4.69) is 11.6 Å². The number of aromatic amines is 1. The summed E-state index contributed by atoms with van der Waals surface area (Å²) >= 11 is 6.10. The normalized spacial score (nSPS) is 20.5. The number of amides is 1. The van der Waals surface area contributed by atoms with E-state index in [1.165, 1.54) is 0 Å². The van der Waals surface area contributed by atoms with Crippen molar-refractivity contribution in [2.24, 2.45) is 0 Å². The van der Waals surface area contributed by atoms with Crippen molar-refractivity contribution in [3.8, 4) is 5.75 Å². The van der Waals surface area contributed by atoms with Crippen molar-refractivity contribution in [1.29, 1.82) is 0 Å². The number of aromatic nitrogens is 1. The van der Waals surface area contributed by atoms with Gasteiger partial charge in [0.05, 0.1) is 0 Å². The van der Waals surface area contributed by atoms with E-state index in [1.54, 1.807) is 17.0 Å². The van der Waals surface area contributed by atoms with E-state index >= 15 is 0 Å². The van der Waals surface area contributed by atoms with Gasteiger partial charge in [-0.05, 0) is 68.4 Å². The number of H-pyrrole nitrogens is 1. The highest BCUT2D eigenvalue weighted by molar-refractivity contribution is 6.33. The van der Waals surface area contributed by atoms with Gasteiger partial charge < -0.3 is 14.8 Å². The molecule has 6 heteroatoms. The molecule has 4 rings (SSSR count). The predicted molar refractivity (Wildman–Crippen MR) is 119 cm³/mol. The zero-order chi connectivity index (χ0) is 21.3. The summed E-state index contributed by atoms with van der Waals surface area (Å²) in [4.78, 5) is 18.4. The second-order valence-corrected chi connectivity index (χ2v) is 8.44. The molecule has 158 valence electrons. The van der Waals surface area contributed by atoms with Gasteiger partial charge in [-0.25, -0.2) is 4.79 Å². The summed E-state index contributed by atoms with van der Waals surface area (Å²) in [5, 5.41) is 12.2. The predicted octanol–water partition coefficient (Wildman–Crippen LogP) is 4.08. The summed E-state index contributed by atoms with van der Waals surface area (Å²) in [6.45, 7) is 6.32. The van der Waals surface area contributed by atoms with Crippen molar-refractivity contribution in [3.05, 3.63) is 63.3 Å². The molecule has 1 amide bonds. The minimum atomic E-state index is -0.326. The van der Waals surface area contributed by atoms with Gasteiger partial charge in [0.25, 0.3) is 0 Å². The minimum absolute atomic E-state index is 0.00556. The van der Waals surface area contributed by atoms with Crippen molar-refractivity contribution in [2.45, 2.75) is 51.2 Å². The molecule has 1 aliphatic heterocycles. The molecule has 0 bridgehead atoms. The van der Waals surface area contributed by atoms with Crippen LogP contribution < -0.4 is 10.6 Å². The Morgan fingerprint density at radius 3 is 2.63 bits per heavy atom.